The lowest BCUT2D eigenvalue weighted by Gasteiger charge is -2.36. The molecule has 7 nitrogen and oxygen atoms in total. The highest BCUT2D eigenvalue weighted by atomic mass is 32.2. The molecule has 0 spiro atoms. The van der Waals surface area contributed by atoms with Crippen LogP contribution in [0.1, 0.15) is 12.8 Å². The molecule has 1 aromatic carbocycles. The van der Waals surface area contributed by atoms with Crippen molar-refractivity contribution in [2.45, 2.75) is 24.0 Å². The molecule has 1 amide bonds. The lowest BCUT2D eigenvalue weighted by Crippen LogP contribution is -2.46. The predicted molar refractivity (Wildman–Crippen MR) is 116 cm³/mol. The van der Waals surface area contributed by atoms with Crippen LogP contribution in [-0.4, -0.2) is 67.3 Å². The highest BCUT2D eigenvalue weighted by molar-refractivity contribution is 7.99. The number of piperazine rings is 1. The van der Waals surface area contributed by atoms with Crippen molar-refractivity contribution >= 4 is 29.2 Å². The summed E-state index contributed by atoms with van der Waals surface area (Å²) in [5.74, 6) is 0.919. The van der Waals surface area contributed by atoms with Crippen molar-refractivity contribution in [2.75, 3.05) is 54.9 Å². The van der Waals surface area contributed by atoms with Gasteiger partial charge in [-0.2, -0.15) is 0 Å². The van der Waals surface area contributed by atoms with Crippen LogP contribution in [0, 0.1) is 5.82 Å². The lowest BCUT2D eigenvalue weighted by atomic mass is 10.2. The summed E-state index contributed by atoms with van der Waals surface area (Å²) in [5, 5.41) is 12.2. The molecule has 2 aromatic rings. The van der Waals surface area contributed by atoms with Gasteiger partial charge in [0.15, 0.2) is 5.82 Å². The van der Waals surface area contributed by atoms with Gasteiger partial charge in [0, 0.05) is 45.0 Å². The number of ether oxygens (including phenoxy) is 1. The number of nitrogens with one attached hydrogen (secondary N) is 1. The summed E-state index contributed by atoms with van der Waals surface area (Å²) >= 11 is 1.38. The molecule has 0 aliphatic carbocycles. The van der Waals surface area contributed by atoms with Crippen molar-refractivity contribution in [1.82, 2.24) is 15.5 Å². The molecule has 2 aliphatic rings. The molecular formula is C21H26FN5O2S. The van der Waals surface area contributed by atoms with E-state index in [2.05, 4.69) is 25.3 Å². The number of carbonyl (C=O) groups excluding carboxylic acids is 1. The summed E-state index contributed by atoms with van der Waals surface area (Å²) in [4.78, 5) is 16.4. The third-order valence-corrected chi connectivity index (χ3v) is 6.24. The summed E-state index contributed by atoms with van der Waals surface area (Å²) in [6.07, 6.45) is 2.23. The number of aromatic nitrogens is 2. The van der Waals surface area contributed by atoms with Crippen LogP contribution in [0.15, 0.2) is 41.4 Å². The normalized spacial score (nSPS) is 19.2. The SMILES string of the molecule is O=C(CSc1ccc(N2CCN(c3ccc(F)cc3)CC2)nn1)NCC1CCCO1. The molecule has 1 aromatic heterocycles. The summed E-state index contributed by atoms with van der Waals surface area (Å²) in [7, 11) is 0. The number of halogens is 1. The molecule has 160 valence electrons. The van der Waals surface area contributed by atoms with Crippen LogP contribution >= 0.6 is 11.8 Å². The second-order valence-electron chi connectivity index (χ2n) is 7.41. The van der Waals surface area contributed by atoms with E-state index in [0.29, 0.717) is 12.3 Å². The first-order valence-electron chi connectivity index (χ1n) is 10.3. The summed E-state index contributed by atoms with van der Waals surface area (Å²) < 4.78 is 18.6. The van der Waals surface area contributed by atoms with Gasteiger partial charge in [-0.3, -0.25) is 4.79 Å². The third kappa shape index (κ3) is 5.60. The Hall–Kier alpha value is -2.39. The molecule has 2 saturated heterocycles. The maximum absolute atomic E-state index is 13.1. The molecule has 9 heteroatoms. The number of nitrogens with zero attached hydrogens (tertiary/aromatic N) is 4. The molecule has 30 heavy (non-hydrogen) atoms. The van der Waals surface area contributed by atoms with E-state index in [0.717, 1.165) is 62.2 Å². The highest BCUT2D eigenvalue weighted by Gasteiger charge is 2.19. The Morgan fingerprint density at radius 3 is 2.53 bits per heavy atom. The monoisotopic (exact) mass is 431 g/mol. The fraction of sp³-hybridized carbons (Fsp3) is 0.476. The average molecular weight is 432 g/mol. The number of hydrogen-bond acceptors (Lipinski definition) is 7. The molecule has 0 bridgehead atoms. The van der Waals surface area contributed by atoms with E-state index in [4.69, 9.17) is 4.74 Å². The third-order valence-electron chi connectivity index (χ3n) is 5.32. The Kier molecular flexibility index (Phi) is 7.01. The van der Waals surface area contributed by atoms with E-state index in [1.165, 1.54) is 23.9 Å². The Bertz CT molecular complexity index is 822. The molecule has 1 unspecified atom stereocenters. The summed E-state index contributed by atoms with van der Waals surface area (Å²) in [5.41, 5.74) is 1.03. The van der Waals surface area contributed by atoms with Gasteiger partial charge in [0.2, 0.25) is 5.91 Å². The van der Waals surface area contributed by atoms with Gasteiger partial charge in [-0.1, -0.05) is 11.8 Å². The molecular weight excluding hydrogens is 405 g/mol. The van der Waals surface area contributed by atoms with Gasteiger partial charge in [0.25, 0.3) is 0 Å². The van der Waals surface area contributed by atoms with Gasteiger partial charge in [-0.15, -0.1) is 10.2 Å². The van der Waals surface area contributed by atoms with E-state index in [-0.39, 0.29) is 17.8 Å². The molecule has 1 N–H and O–H groups in total. The van der Waals surface area contributed by atoms with E-state index in [1.54, 1.807) is 0 Å². The van der Waals surface area contributed by atoms with Crippen LogP contribution in [0.2, 0.25) is 0 Å². The second kappa shape index (κ2) is 10.1. The molecule has 0 saturated carbocycles. The molecule has 1 atom stereocenters. The minimum Gasteiger partial charge on any atom is -0.376 e. The van der Waals surface area contributed by atoms with E-state index in [9.17, 15) is 9.18 Å². The first-order valence-corrected chi connectivity index (χ1v) is 11.3. The van der Waals surface area contributed by atoms with Crippen molar-refractivity contribution in [2.24, 2.45) is 0 Å². The van der Waals surface area contributed by atoms with Gasteiger partial charge in [-0.25, -0.2) is 4.39 Å². The maximum Gasteiger partial charge on any atom is 0.230 e. The summed E-state index contributed by atoms with van der Waals surface area (Å²) in [6, 6.07) is 10.5. The lowest BCUT2D eigenvalue weighted by molar-refractivity contribution is -0.119. The van der Waals surface area contributed by atoms with E-state index < -0.39 is 0 Å². The van der Waals surface area contributed by atoms with E-state index >= 15 is 0 Å². The van der Waals surface area contributed by atoms with Gasteiger partial charge >= 0.3 is 0 Å². The number of hydrogen-bond donors (Lipinski definition) is 1. The fourth-order valence-corrected chi connectivity index (χ4v) is 4.27. The van der Waals surface area contributed by atoms with Crippen molar-refractivity contribution in [3.8, 4) is 0 Å². The quantitative estimate of drug-likeness (QED) is 0.675. The number of amides is 1. The molecule has 3 heterocycles. The Balaban J connectivity index is 1.21. The number of thioether (sulfide) groups is 1. The van der Waals surface area contributed by atoms with Gasteiger partial charge in [0.05, 0.1) is 11.9 Å². The van der Waals surface area contributed by atoms with Crippen LogP contribution in [0.5, 0.6) is 0 Å². The van der Waals surface area contributed by atoms with Crippen molar-refractivity contribution < 1.29 is 13.9 Å². The van der Waals surface area contributed by atoms with Gasteiger partial charge in [0.1, 0.15) is 10.8 Å². The standard InChI is InChI=1S/C21H26FN5O2S/c22-16-3-5-17(6-4-16)26-9-11-27(12-10-26)19-7-8-21(25-24-19)30-15-20(28)23-14-18-2-1-13-29-18/h3-8,18H,1-2,9-15H2,(H,23,28). The van der Waals surface area contributed by atoms with Crippen LogP contribution in [0.4, 0.5) is 15.9 Å². The van der Waals surface area contributed by atoms with Crippen LogP contribution in [-0.2, 0) is 9.53 Å². The highest BCUT2D eigenvalue weighted by Crippen LogP contribution is 2.21. The van der Waals surface area contributed by atoms with Gasteiger partial charge in [-0.05, 0) is 49.2 Å². The number of carbonyl (C=O) groups is 1. The topological polar surface area (TPSA) is 70.6 Å². The molecule has 4 rings (SSSR count). The minimum atomic E-state index is -0.217. The molecule has 2 aliphatic heterocycles. The predicted octanol–water partition coefficient (Wildman–Crippen LogP) is 2.33. The Morgan fingerprint density at radius 1 is 1.10 bits per heavy atom. The molecule has 0 radical (unpaired) electrons. The van der Waals surface area contributed by atoms with Crippen molar-refractivity contribution in [1.29, 1.82) is 0 Å². The number of benzene rings is 1. The average Bonchev–Trinajstić information content (AvgIpc) is 3.31. The van der Waals surface area contributed by atoms with Crippen molar-refractivity contribution in [3.63, 3.8) is 0 Å². The minimum absolute atomic E-state index is 0.0155. The largest absolute Gasteiger partial charge is 0.376 e. The molecule has 2 fully saturated rings. The van der Waals surface area contributed by atoms with Gasteiger partial charge < -0.3 is 19.9 Å². The second-order valence-corrected chi connectivity index (χ2v) is 8.40. The van der Waals surface area contributed by atoms with Crippen LogP contribution in [0.25, 0.3) is 0 Å². The zero-order valence-electron chi connectivity index (χ0n) is 16.8. The van der Waals surface area contributed by atoms with Crippen LogP contribution in [0.3, 0.4) is 0 Å². The van der Waals surface area contributed by atoms with E-state index in [1.807, 2.05) is 24.3 Å². The number of rotatable bonds is 7. The zero-order chi connectivity index (χ0) is 20.8. The maximum atomic E-state index is 13.1. The number of anilines is 2. The Morgan fingerprint density at radius 2 is 1.87 bits per heavy atom. The Labute approximate surface area is 180 Å². The van der Waals surface area contributed by atoms with Crippen molar-refractivity contribution in [3.05, 3.63) is 42.2 Å². The zero-order valence-corrected chi connectivity index (χ0v) is 17.6. The smallest absolute Gasteiger partial charge is 0.230 e. The fourth-order valence-electron chi connectivity index (χ4n) is 3.63. The first-order chi connectivity index (χ1) is 14.7. The van der Waals surface area contributed by atoms with Crippen LogP contribution < -0.4 is 15.1 Å². The first kappa shape index (κ1) is 20.9. The summed E-state index contributed by atoms with van der Waals surface area (Å²) in [6.45, 7) is 4.70.